The van der Waals surface area contributed by atoms with Crippen LogP contribution in [-0.2, 0) is 9.59 Å². The number of rotatable bonds is 2. The highest BCUT2D eigenvalue weighted by molar-refractivity contribution is 6.00. The molecule has 216 valence electrons. The van der Waals surface area contributed by atoms with E-state index >= 15 is 0 Å². The Labute approximate surface area is 231 Å². The maximum Gasteiger partial charge on any atom is 0.233 e. The van der Waals surface area contributed by atoms with E-state index in [-0.39, 0.29) is 23.9 Å². The van der Waals surface area contributed by atoms with Crippen molar-refractivity contribution >= 4 is 23.2 Å². The van der Waals surface area contributed by atoms with Gasteiger partial charge in [0.05, 0.1) is 10.8 Å². The second-order valence-electron chi connectivity index (χ2n) is 11.9. The quantitative estimate of drug-likeness (QED) is 0.496. The molecule has 4 N–H and O–H groups in total. The van der Waals surface area contributed by atoms with E-state index in [9.17, 15) is 27.2 Å². The van der Waals surface area contributed by atoms with E-state index in [2.05, 4.69) is 0 Å². The van der Waals surface area contributed by atoms with Crippen molar-refractivity contribution in [3.05, 3.63) is 59.7 Å². The molecule has 2 heterocycles. The van der Waals surface area contributed by atoms with E-state index in [0.717, 1.165) is 63.5 Å². The molecule has 0 bridgehead atoms. The first-order chi connectivity index (χ1) is 19.0. The number of halogens is 4. The minimum Gasteiger partial charge on any atom is -0.328 e. The van der Waals surface area contributed by atoms with Gasteiger partial charge in [-0.05, 0) is 75.6 Å². The molecule has 0 unspecified atom stereocenters. The van der Waals surface area contributed by atoms with Gasteiger partial charge in [0, 0.05) is 48.7 Å². The fourth-order valence-electron chi connectivity index (χ4n) is 7.18. The maximum atomic E-state index is 13.3. The van der Waals surface area contributed by atoms with Crippen molar-refractivity contribution in [3.8, 4) is 0 Å². The molecule has 4 atom stereocenters. The molecule has 0 aromatic heterocycles. The van der Waals surface area contributed by atoms with E-state index in [0.29, 0.717) is 37.3 Å². The first kappa shape index (κ1) is 28.5. The van der Waals surface area contributed by atoms with E-state index in [1.807, 2.05) is 0 Å². The van der Waals surface area contributed by atoms with Crippen LogP contribution in [0.4, 0.5) is 28.9 Å². The Hall–Kier alpha value is -2.98. The molecule has 6 rings (SSSR count). The van der Waals surface area contributed by atoms with Crippen LogP contribution < -0.4 is 21.3 Å². The number of nitrogens with zero attached hydrogens (tertiary/aromatic N) is 2. The second-order valence-corrected chi connectivity index (χ2v) is 11.9. The summed E-state index contributed by atoms with van der Waals surface area (Å²) in [6, 6.07) is 6.58. The predicted molar refractivity (Wildman–Crippen MR) is 144 cm³/mol. The summed E-state index contributed by atoms with van der Waals surface area (Å²) in [5.74, 6) is -2.69. The highest BCUT2D eigenvalue weighted by Gasteiger charge is 2.50. The second kappa shape index (κ2) is 11.1. The Balaban J connectivity index is 0.000000161. The predicted octanol–water partition coefficient (Wildman–Crippen LogP) is 5.18. The number of carbonyl (C=O) groups excluding carboxylic acids is 2. The topological polar surface area (TPSA) is 92.7 Å². The Morgan fingerprint density at radius 3 is 1.27 bits per heavy atom. The third-order valence-corrected chi connectivity index (χ3v) is 9.11. The highest BCUT2D eigenvalue weighted by Crippen LogP contribution is 2.47. The number of nitrogens with two attached hydrogens (primary N) is 2. The normalized spacial score (nSPS) is 30.2. The van der Waals surface area contributed by atoms with Crippen molar-refractivity contribution in [2.75, 3.05) is 22.9 Å². The maximum absolute atomic E-state index is 13.3. The molecule has 2 saturated heterocycles. The lowest BCUT2D eigenvalue weighted by atomic mass is 9.71. The van der Waals surface area contributed by atoms with Crippen LogP contribution in [0.25, 0.3) is 0 Å². The fraction of sp³-hybridized carbons (Fsp3) is 0.533. The smallest absolute Gasteiger partial charge is 0.233 e. The minimum atomic E-state index is -0.658. The van der Waals surface area contributed by atoms with E-state index in [4.69, 9.17) is 11.5 Å². The van der Waals surface area contributed by atoms with Crippen LogP contribution in [0.15, 0.2) is 36.4 Å². The zero-order valence-electron chi connectivity index (χ0n) is 22.5. The minimum absolute atomic E-state index is 0.0300. The molecule has 2 aromatic rings. The van der Waals surface area contributed by atoms with Crippen LogP contribution in [-0.4, -0.2) is 37.0 Å². The van der Waals surface area contributed by atoms with Crippen LogP contribution >= 0.6 is 0 Å². The lowest BCUT2D eigenvalue weighted by molar-refractivity contribution is -0.128. The largest absolute Gasteiger partial charge is 0.328 e. The molecule has 10 heteroatoms. The average molecular weight is 561 g/mol. The van der Waals surface area contributed by atoms with Gasteiger partial charge in [0.15, 0.2) is 0 Å². The van der Waals surface area contributed by atoms with Gasteiger partial charge < -0.3 is 21.3 Å². The summed E-state index contributed by atoms with van der Waals surface area (Å²) in [7, 11) is 0. The van der Waals surface area contributed by atoms with Gasteiger partial charge >= 0.3 is 0 Å². The summed E-state index contributed by atoms with van der Waals surface area (Å²) in [5.41, 5.74) is 11.8. The van der Waals surface area contributed by atoms with Crippen LogP contribution in [0.1, 0.15) is 64.2 Å². The summed E-state index contributed by atoms with van der Waals surface area (Å²) < 4.78 is 53.2. The third kappa shape index (κ3) is 5.61. The van der Waals surface area contributed by atoms with Gasteiger partial charge in [0.1, 0.15) is 23.3 Å². The van der Waals surface area contributed by atoms with Crippen molar-refractivity contribution < 1.29 is 27.2 Å². The average Bonchev–Trinajstić information content (AvgIpc) is 3.34. The molecular weight excluding hydrogens is 524 g/mol. The molecule has 2 amide bonds. The van der Waals surface area contributed by atoms with Gasteiger partial charge in [-0.2, -0.15) is 0 Å². The van der Waals surface area contributed by atoms with E-state index in [1.54, 1.807) is 0 Å². The van der Waals surface area contributed by atoms with Crippen molar-refractivity contribution in [2.24, 2.45) is 22.3 Å². The Bertz CT molecular complexity index is 1150. The molecule has 40 heavy (non-hydrogen) atoms. The summed E-state index contributed by atoms with van der Waals surface area (Å²) in [6.07, 6.45) is 8.24. The Morgan fingerprint density at radius 1 is 0.600 bits per heavy atom. The lowest BCUT2D eigenvalue weighted by Gasteiger charge is -2.35. The summed E-state index contributed by atoms with van der Waals surface area (Å²) >= 11 is 0. The van der Waals surface area contributed by atoms with Crippen molar-refractivity contribution in [1.29, 1.82) is 0 Å². The molecule has 2 aliphatic carbocycles. The van der Waals surface area contributed by atoms with Crippen LogP contribution in [0.5, 0.6) is 0 Å². The SMILES string of the molecule is N[C@@H]1CCC[C@@]2(CCN(c3cc(F)cc(F)c3)C2=O)C1.N[C@H]1CCC[C@]2(CCN(c3cc(F)cc(F)c3)C2=O)C1. The number of amides is 2. The van der Waals surface area contributed by atoms with Crippen molar-refractivity contribution in [3.63, 3.8) is 0 Å². The molecule has 6 nitrogen and oxygen atoms in total. The van der Waals surface area contributed by atoms with E-state index < -0.39 is 34.1 Å². The zero-order valence-corrected chi connectivity index (χ0v) is 22.5. The summed E-state index contributed by atoms with van der Waals surface area (Å²) in [4.78, 5) is 28.4. The first-order valence-electron chi connectivity index (χ1n) is 14.1. The number of hydrogen-bond donors (Lipinski definition) is 2. The lowest BCUT2D eigenvalue weighted by Crippen LogP contribution is -2.42. The van der Waals surface area contributed by atoms with Gasteiger partial charge in [0.25, 0.3) is 0 Å². The highest BCUT2D eigenvalue weighted by atomic mass is 19.1. The van der Waals surface area contributed by atoms with Gasteiger partial charge in [-0.1, -0.05) is 12.8 Å². The van der Waals surface area contributed by atoms with Crippen LogP contribution in [0.3, 0.4) is 0 Å². The molecule has 2 aliphatic heterocycles. The molecule has 2 aromatic carbocycles. The van der Waals surface area contributed by atoms with Crippen molar-refractivity contribution in [1.82, 2.24) is 0 Å². The molecule has 4 fully saturated rings. The zero-order chi connectivity index (χ0) is 28.7. The van der Waals surface area contributed by atoms with Crippen LogP contribution in [0.2, 0.25) is 0 Å². The number of anilines is 2. The molecular formula is C30H36F4N4O2. The summed E-state index contributed by atoms with van der Waals surface area (Å²) in [6.45, 7) is 1.02. The fourth-order valence-corrected chi connectivity index (χ4v) is 7.18. The van der Waals surface area contributed by atoms with Gasteiger partial charge in [-0.25, -0.2) is 17.6 Å². The number of carbonyl (C=O) groups is 2. The Kier molecular flexibility index (Phi) is 7.94. The van der Waals surface area contributed by atoms with Gasteiger partial charge in [-0.15, -0.1) is 0 Å². The first-order valence-corrected chi connectivity index (χ1v) is 14.1. The van der Waals surface area contributed by atoms with Crippen LogP contribution in [0, 0.1) is 34.1 Å². The summed E-state index contributed by atoms with van der Waals surface area (Å²) in [5, 5.41) is 0. The molecule has 0 radical (unpaired) electrons. The van der Waals surface area contributed by atoms with Crippen molar-refractivity contribution in [2.45, 2.75) is 76.3 Å². The van der Waals surface area contributed by atoms with Gasteiger partial charge in [0.2, 0.25) is 11.8 Å². The monoisotopic (exact) mass is 560 g/mol. The standard InChI is InChI=1S/2C15H18F2N2O/c2*16-10-6-11(17)8-13(7-10)19-5-4-15(14(19)20)3-1-2-12(18)9-15/h2*6-8,12H,1-5,9,18H2/t2*12-,15-/m10/s1. The Morgan fingerprint density at radius 2 is 0.950 bits per heavy atom. The third-order valence-electron chi connectivity index (χ3n) is 9.11. The number of benzene rings is 2. The van der Waals surface area contributed by atoms with Gasteiger partial charge in [-0.3, -0.25) is 9.59 Å². The molecule has 2 spiro atoms. The molecule has 2 saturated carbocycles. The molecule has 4 aliphatic rings. The number of hydrogen-bond acceptors (Lipinski definition) is 4. The van der Waals surface area contributed by atoms with E-state index in [1.165, 1.54) is 34.1 Å².